The zero-order valence-electron chi connectivity index (χ0n) is 12.7. The van der Waals surface area contributed by atoms with Crippen LogP contribution in [0.2, 0.25) is 0 Å². The van der Waals surface area contributed by atoms with E-state index in [0.717, 1.165) is 11.1 Å². The second-order valence-electron chi connectivity index (χ2n) is 5.22. The Hall–Kier alpha value is -2.73. The molecule has 2 aromatic carbocycles. The van der Waals surface area contributed by atoms with Gasteiger partial charge in [-0.05, 0) is 42.3 Å². The van der Waals surface area contributed by atoms with Crippen molar-refractivity contribution in [3.63, 3.8) is 0 Å². The summed E-state index contributed by atoms with van der Waals surface area (Å²) in [5.41, 5.74) is 2.22. The second-order valence-corrected chi connectivity index (χ2v) is 6.08. The summed E-state index contributed by atoms with van der Waals surface area (Å²) in [4.78, 5) is 16.3. The molecule has 2 N–H and O–H groups in total. The number of carbonyl (C=O) groups excluding carboxylic acids is 1. The fraction of sp³-hybridized carbons (Fsp3) is 0.111. The molecule has 122 valence electrons. The van der Waals surface area contributed by atoms with Crippen molar-refractivity contribution in [3.05, 3.63) is 65.3 Å². The molecule has 3 rings (SSSR count). The summed E-state index contributed by atoms with van der Waals surface area (Å²) in [6.45, 7) is 0. The van der Waals surface area contributed by atoms with Gasteiger partial charge >= 0.3 is 0 Å². The minimum atomic E-state index is -0.299. The van der Waals surface area contributed by atoms with E-state index in [1.807, 2.05) is 11.4 Å². The number of aryl methyl sites for hydroxylation is 1. The molecule has 0 saturated carbocycles. The number of phenols is 1. The molecule has 24 heavy (non-hydrogen) atoms. The molecule has 0 atom stereocenters. The molecule has 0 aliphatic carbocycles. The van der Waals surface area contributed by atoms with Crippen LogP contribution in [0.5, 0.6) is 5.75 Å². The first-order valence-electron chi connectivity index (χ1n) is 7.40. The molecule has 1 aromatic heterocycles. The van der Waals surface area contributed by atoms with Gasteiger partial charge in [0.05, 0.1) is 5.69 Å². The van der Waals surface area contributed by atoms with Crippen LogP contribution in [0.4, 0.5) is 9.52 Å². The zero-order chi connectivity index (χ0) is 16.9. The van der Waals surface area contributed by atoms with Gasteiger partial charge in [-0.25, -0.2) is 9.37 Å². The lowest BCUT2D eigenvalue weighted by Gasteiger charge is -2.04. The van der Waals surface area contributed by atoms with Crippen molar-refractivity contribution in [1.29, 1.82) is 0 Å². The Bertz CT molecular complexity index is 846. The number of amides is 1. The van der Waals surface area contributed by atoms with E-state index in [0.29, 0.717) is 17.2 Å². The molecule has 0 bridgehead atoms. The van der Waals surface area contributed by atoms with Crippen molar-refractivity contribution < 1.29 is 14.3 Å². The average Bonchev–Trinajstić information content (AvgIpc) is 3.03. The van der Waals surface area contributed by atoms with Crippen LogP contribution in [-0.2, 0) is 11.2 Å². The summed E-state index contributed by atoms with van der Waals surface area (Å²) >= 11 is 1.32. The Labute approximate surface area is 142 Å². The fourth-order valence-electron chi connectivity index (χ4n) is 2.24. The lowest BCUT2D eigenvalue weighted by atomic mass is 10.1. The SMILES string of the molecule is O=C(CCc1ccccc1O)Nc1nc(-c2ccc(F)cc2)cs1. The minimum Gasteiger partial charge on any atom is -0.508 e. The summed E-state index contributed by atoms with van der Waals surface area (Å²) in [5, 5.41) is 14.7. The number of anilines is 1. The highest BCUT2D eigenvalue weighted by Gasteiger charge is 2.09. The number of rotatable bonds is 5. The number of aromatic hydroxyl groups is 1. The number of phenolic OH excluding ortho intramolecular Hbond substituents is 1. The number of carbonyl (C=O) groups is 1. The van der Waals surface area contributed by atoms with Gasteiger partial charge in [0.25, 0.3) is 0 Å². The molecule has 0 fully saturated rings. The molecule has 4 nitrogen and oxygen atoms in total. The zero-order valence-corrected chi connectivity index (χ0v) is 13.5. The number of hydrogen-bond donors (Lipinski definition) is 2. The normalized spacial score (nSPS) is 10.5. The van der Waals surface area contributed by atoms with Crippen LogP contribution in [0.1, 0.15) is 12.0 Å². The number of aromatic nitrogens is 1. The standard InChI is InChI=1S/C18H15FN2O2S/c19-14-8-5-12(6-9-14)15-11-24-18(20-15)21-17(23)10-7-13-3-1-2-4-16(13)22/h1-6,8-9,11,22H,7,10H2,(H,20,21,23). The van der Waals surface area contributed by atoms with Gasteiger partial charge in [0.1, 0.15) is 11.6 Å². The third-order valence-corrected chi connectivity index (χ3v) is 4.26. The first kappa shape index (κ1) is 16.1. The topological polar surface area (TPSA) is 62.2 Å². The monoisotopic (exact) mass is 342 g/mol. The molecule has 0 saturated heterocycles. The predicted octanol–water partition coefficient (Wildman–Crippen LogP) is 4.23. The molecule has 0 aliphatic rings. The highest BCUT2D eigenvalue weighted by molar-refractivity contribution is 7.14. The van der Waals surface area contributed by atoms with Gasteiger partial charge in [-0.15, -0.1) is 11.3 Å². The number of thiazole rings is 1. The van der Waals surface area contributed by atoms with Crippen LogP contribution in [-0.4, -0.2) is 16.0 Å². The molecule has 0 radical (unpaired) electrons. The number of nitrogens with one attached hydrogen (secondary N) is 1. The van der Waals surface area contributed by atoms with Crippen LogP contribution < -0.4 is 5.32 Å². The maximum Gasteiger partial charge on any atom is 0.226 e. The number of para-hydroxylation sites is 1. The molecule has 1 amide bonds. The maximum absolute atomic E-state index is 12.9. The van der Waals surface area contributed by atoms with Gasteiger partial charge in [0, 0.05) is 17.4 Å². The molecule has 3 aromatic rings. The van der Waals surface area contributed by atoms with Gasteiger partial charge < -0.3 is 10.4 Å². The van der Waals surface area contributed by atoms with Crippen LogP contribution >= 0.6 is 11.3 Å². The van der Waals surface area contributed by atoms with Crippen molar-refractivity contribution in [2.75, 3.05) is 5.32 Å². The predicted molar refractivity (Wildman–Crippen MR) is 92.6 cm³/mol. The molecule has 6 heteroatoms. The highest BCUT2D eigenvalue weighted by atomic mass is 32.1. The third kappa shape index (κ3) is 3.97. The Kier molecular flexibility index (Phi) is 4.86. The van der Waals surface area contributed by atoms with E-state index in [1.165, 1.54) is 23.5 Å². The van der Waals surface area contributed by atoms with E-state index in [-0.39, 0.29) is 23.9 Å². The van der Waals surface area contributed by atoms with Gasteiger partial charge in [-0.2, -0.15) is 0 Å². The number of halogens is 1. The Balaban J connectivity index is 1.59. The van der Waals surface area contributed by atoms with Crippen molar-refractivity contribution in [3.8, 4) is 17.0 Å². The largest absolute Gasteiger partial charge is 0.508 e. The lowest BCUT2D eigenvalue weighted by Crippen LogP contribution is -2.12. The highest BCUT2D eigenvalue weighted by Crippen LogP contribution is 2.25. The quantitative estimate of drug-likeness (QED) is 0.729. The lowest BCUT2D eigenvalue weighted by molar-refractivity contribution is -0.116. The summed E-state index contributed by atoms with van der Waals surface area (Å²) < 4.78 is 12.9. The summed E-state index contributed by atoms with van der Waals surface area (Å²) in [7, 11) is 0. The Morgan fingerprint density at radius 2 is 1.92 bits per heavy atom. The van der Waals surface area contributed by atoms with Gasteiger partial charge in [-0.1, -0.05) is 18.2 Å². The van der Waals surface area contributed by atoms with Gasteiger partial charge in [0.15, 0.2) is 5.13 Å². The maximum atomic E-state index is 12.9. The van der Waals surface area contributed by atoms with E-state index in [4.69, 9.17) is 0 Å². The van der Waals surface area contributed by atoms with Crippen LogP contribution in [0.15, 0.2) is 53.9 Å². The Morgan fingerprint density at radius 3 is 2.67 bits per heavy atom. The number of nitrogens with zero attached hydrogens (tertiary/aromatic N) is 1. The molecular formula is C18H15FN2O2S. The van der Waals surface area contributed by atoms with Gasteiger partial charge in [0.2, 0.25) is 5.91 Å². The van der Waals surface area contributed by atoms with E-state index in [2.05, 4.69) is 10.3 Å². The number of hydrogen-bond acceptors (Lipinski definition) is 4. The Morgan fingerprint density at radius 1 is 1.17 bits per heavy atom. The second kappa shape index (κ2) is 7.23. The van der Waals surface area contributed by atoms with Crippen LogP contribution in [0, 0.1) is 5.82 Å². The summed E-state index contributed by atoms with van der Waals surface area (Å²) in [5.74, 6) is -0.275. The first-order valence-corrected chi connectivity index (χ1v) is 8.28. The number of benzene rings is 2. The van der Waals surface area contributed by atoms with E-state index < -0.39 is 0 Å². The fourth-order valence-corrected chi connectivity index (χ4v) is 2.97. The molecule has 1 heterocycles. The molecule has 0 unspecified atom stereocenters. The molecular weight excluding hydrogens is 327 g/mol. The van der Waals surface area contributed by atoms with Crippen molar-refractivity contribution in [2.45, 2.75) is 12.8 Å². The average molecular weight is 342 g/mol. The van der Waals surface area contributed by atoms with E-state index in [1.54, 1.807) is 30.3 Å². The van der Waals surface area contributed by atoms with Crippen LogP contribution in [0.3, 0.4) is 0 Å². The van der Waals surface area contributed by atoms with Gasteiger partial charge in [-0.3, -0.25) is 4.79 Å². The minimum absolute atomic E-state index is 0.168. The van der Waals surface area contributed by atoms with Crippen LogP contribution in [0.25, 0.3) is 11.3 Å². The van der Waals surface area contributed by atoms with Crippen molar-refractivity contribution in [1.82, 2.24) is 4.98 Å². The van der Waals surface area contributed by atoms with E-state index >= 15 is 0 Å². The smallest absolute Gasteiger partial charge is 0.226 e. The summed E-state index contributed by atoms with van der Waals surface area (Å²) in [6, 6.07) is 13.0. The van der Waals surface area contributed by atoms with Crippen molar-refractivity contribution in [2.24, 2.45) is 0 Å². The summed E-state index contributed by atoms with van der Waals surface area (Å²) in [6.07, 6.45) is 0.706. The van der Waals surface area contributed by atoms with Crippen molar-refractivity contribution >= 4 is 22.4 Å². The molecule has 0 spiro atoms. The van der Waals surface area contributed by atoms with E-state index in [9.17, 15) is 14.3 Å². The molecule has 0 aliphatic heterocycles. The first-order chi connectivity index (χ1) is 11.6. The third-order valence-electron chi connectivity index (χ3n) is 3.50.